The Kier molecular flexibility index (Phi) is 4.90. The number of halogens is 3. The molecule has 1 aromatic heterocycles. The third-order valence-corrected chi connectivity index (χ3v) is 3.94. The van der Waals surface area contributed by atoms with Crippen molar-refractivity contribution in [1.29, 1.82) is 0 Å². The standard InChI is InChI=1S/C19H16F3N3O/c20-19(21,22)14-5-3-12(4-6-14)10-16(23)18(26)25-15-7-8-17-13(11-15)2-1-9-24-17/h1-9,11,16H,10,23H2,(H,25,26). The van der Waals surface area contributed by atoms with Gasteiger partial charge < -0.3 is 11.1 Å². The molecule has 1 atom stereocenters. The number of hydrogen-bond donors (Lipinski definition) is 2. The second-order valence-corrected chi connectivity index (χ2v) is 5.91. The summed E-state index contributed by atoms with van der Waals surface area (Å²) in [6.07, 6.45) is -2.57. The van der Waals surface area contributed by atoms with Crippen molar-refractivity contribution in [2.75, 3.05) is 5.32 Å². The first kappa shape index (κ1) is 17.9. The molecule has 26 heavy (non-hydrogen) atoms. The minimum Gasteiger partial charge on any atom is -0.325 e. The molecule has 3 aromatic rings. The first-order valence-electron chi connectivity index (χ1n) is 7.90. The number of rotatable bonds is 4. The van der Waals surface area contributed by atoms with Crippen LogP contribution in [-0.4, -0.2) is 16.9 Å². The molecule has 0 saturated carbocycles. The van der Waals surface area contributed by atoms with E-state index in [9.17, 15) is 18.0 Å². The van der Waals surface area contributed by atoms with Crippen molar-refractivity contribution in [2.24, 2.45) is 5.73 Å². The number of aromatic nitrogens is 1. The van der Waals surface area contributed by atoms with Crippen LogP contribution in [0.3, 0.4) is 0 Å². The molecule has 3 N–H and O–H groups in total. The Morgan fingerprint density at radius 3 is 2.54 bits per heavy atom. The Morgan fingerprint density at radius 1 is 1.12 bits per heavy atom. The molecule has 1 amide bonds. The zero-order valence-corrected chi connectivity index (χ0v) is 13.6. The number of nitrogens with two attached hydrogens (primary N) is 1. The first-order valence-corrected chi connectivity index (χ1v) is 7.90. The zero-order chi connectivity index (χ0) is 18.7. The van der Waals surface area contributed by atoms with Crippen molar-refractivity contribution < 1.29 is 18.0 Å². The first-order chi connectivity index (χ1) is 12.3. The molecule has 0 aliphatic carbocycles. The predicted octanol–water partition coefficient (Wildman–Crippen LogP) is 3.76. The summed E-state index contributed by atoms with van der Waals surface area (Å²) in [6, 6.07) is 12.7. The van der Waals surface area contributed by atoms with Crippen molar-refractivity contribution in [3.05, 3.63) is 71.9 Å². The summed E-state index contributed by atoms with van der Waals surface area (Å²) in [5.41, 5.74) is 7.10. The number of nitrogens with one attached hydrogen (secondary N) is 1. The summed E-state index contributed by atoms with van der Waals surface area (Å²) < 4.78 is 37.7. The Hall–Kier alpha value is -2.93. The van der Waals surface area contributed by atoms with Gasteiger partial charge in [-0.1, -0.05) is 18.2 Å². The highest BCUT2D eigenvalue weighted by molar-refractivity contribution is 5.96. The Labute approximate surface area is 147 Å². The number of benzene rings is 2. The van der Waals surface area contributed by atoms with Crippen LogP contribution in [-0.2, 0) is 17.4 Å². The van der Waals surface area contributed by atoms with Gasteiger partial charge in [0.15, 0.2) is 0 Å². The number of pyridine rings is 1. The molecule has 0 fully saturated rings. The molecule has 7 heteroatoms. The number of fused-ring (bicyclic) bond motifs is 1. The maximum absolute atomic E-state index is 12.6. The Bertz CT molecular complexity index is 923. The lowest BCUT2D eigenvalue weighted by molar-refractivity contribution is -0.137. The van der Waals surface area contributed by atoms with E-state index < -0.39 is 23.7 Å². The third kappa shape index (κ3) is 4.18. The summed E-state index contributed by atoms with van der Waals surface area (Å²) >= 11 is 0. The molecular weight excluding hydrogens is 343 g/mol. The maximum atomic E-state index is 12.6. The molecule has 0 bridgehead atoms. The maximum Gasteiger partial charge on any atom is 0.416 e. The lowest BCUT2D eigenvalue weighted by atomic mass is 10.0. The van der Waals surface area contributed by atoms with Crippen molar-refractivity contribution in [3.8, 4) is 0 Å². The van der Waals surface area contributed by atoms with Gasteiger partial charge in [-0.2, -0.15) is 13.2 Å². The molecule has 1 unspecified atom stereocenters. The predicted molar refractivity (Wildman–Crippen MR) is 93.5 cm³/mol. The van der Waals surface area contributed by atoms with Crippen LogP contribution in [0.2, 0.25) is 0 Å². The lowest BCUT2D eigenvalue weighted by Gasteiger charge is -2.13. The third-order valence-electron chi connectivity index (χ3n) is 3.94. The fourth-order valence-electron chi connectivity index (χ4n) is 2.56. The number of hydrogen-bond acceptors (Lipinski definition) is 3. The molecule has 0 aliphatic heterocycles. The van der Waals surface area contributed by atoms with E-state index in [0.29, 0.717) is 11.3 Å². The van der Waals surface area contributed by atoms with Gasteiger partial charge in [-0.25, -0.2) is 0 Å². The fourth-order valence-corrected chi connectivity index (χ4v) is 2.56. The molecule has 0 radical (unpaired) electrons. The normalized spacial score (nSPS) is 12.8. The molecular formula is C19H16F3N3O. The van der Waals surface area contributed by atoms with Crippen molar-refractivity contribution in [2.45, 2.75) is 18.6 Å². The Morgan fingerprint density at radius 2 is 1.85 bits per heavy atom. The Balaban J connectivity index is 1.65. The summed E-state index contributed by atoms with van der Waals surface area (Å²) in [5, 5.41) is 3.59. The van der Waals surface area contributed by atoms with Crippen LogP contribution in [0.4, 0.5) is 18.9 Å². The van der Waals surface area contributed by atoms with E-state index in [-0.39, 0.29) is 6.42 Å². The number of alkyl halides is 3. The number of anilines is 1. The second-order valence-electron chi connectivity index (χ2n) is 5.91. The SMILES string of the molecule is NC(Cc1ccc(C(F)(F)F)cc1)C(=O)Nc1ccc2ncccc2c1. The van der Waals surface area contributed by atoms with Crippen molar-refractivity contribution in [3.63, 3.8) is 0 Å². The number of nitrogens with zero attached hydrogens (tertiary/aromatic N) is 1. The summed E-state index contributed by atoms with van der Waals surface area (Å²) in [6.45, 7) is 0. The van der Waals surface area contributed by atoms with Crippen LogP contribution in [0, 0.1) is 0 Å². The van der Waals surface area contributed by atoms with E-state index in [1.54, 1.807) is 30.5 Å². The van der Waals surface area contributed by atoms with E-state index in [0.717, 1.165) is 23.0 Å². The molecule has 3 rings (SSSR count). The molecule has 4 nitrogen and oxygen atoms in total. The van der Waals surface area contributed by atoms with Crippen LogP contribution in [0.15, 0.2) is 60.8 Å². The van der Waals surface area contributed by atoms with Gasteiger partial charge in [0.05, 0.1) is 17.1 Å². The minimum atomic E-state index is -4.39. The number of amides is 1. The van der Waals surface area contributed by atoms with Crippen LogP contribution < -0.4 is 11.1 Å². The number of carbonyl (C=O) groups is 1. The van der Waals surface area contributed by atoms with Gasteiger partial charge in [0.2, 0.25) is 5.91 Å². The van der Waals surface area contributed by atoms with Crippen LogP contribution in [0.1, 0.15) is 11.1 Å². The van der Waals surface area contributed by atoms with E-state index >= 15 is 0 Å². The van der Waals surface area contributed by atoms with E-state index in [1.807, 2.05) is 6.07 Å². The number of carbonyl (C=O) groups excluding carboxylic acids is 1. The quantitative estimate of drug-likeness (QED) is 0.745. The lowest BCUT2D eigenvalue weighted by Crippen LogP contribution is -2.37. The van der Waals surface area contributed by atoms with Gasteiger partial charge in [-0.15, -0.1) is 0 Å². The highest BCUT2D eigenvalue weighted by Gasteiger charge is 2.30. The van der Waals surface area contributed by atoms with Gasteiger partial charge in [0.1, 0.15) is 0 Å². The van der Waals surface area contributed by atoms with Gasteiger partial charge in [0.25, 0.3) is 0 Å². The van der Waals surface area contributed by atoms with Gasteiger partial charge in [-0.05, 0) is 48.4 Å². The average molecular weight is 359 g/mol. The molecule has 0 spiro atoms. The minimum absolute atomic E-state index is 0.138. The largest absolute Gasteiger partial charge is 0.416 e. The van der Waals surface area contributed by atoms with E-state index in [2.05, 4.69) is 10.3 Å². The smallest absolute Gasteiger partial charge is 0.325 e. The second kappa shape index (κ2) is 7.13. The molecule has 2 aromatic carbocycles. The molecule has 1 heterocycles. The molecule has 0 saturated heterocycles. The summed E-state index contributed by atoms with van der Waals surface area (Å²) in [7, 11) is 0. The zero-order valence-electron chi connectivity index (χ0n) is 13.6. The fraction of sp³-hybridized carbons (Fsp3) is 0.158. The van der Waals surface area contributed by atoms with Gasteiger partial charge >= 0.3 is 6.18 Å². The average Bonchev–Trinajstić information content (AvgIpc) is 2.61. The van der Waals surface area contributed by atoms with Gasteiger partial charge in [0, 0.05) is 17.3 Å². The monoisotopic (exact) mass is 359 g/mol. The van der Waals surface area contributed by atoms with Gasteiger partial charge in [-0.3, -0.25) is 9.78 Å². The summed E-state index contributed by atoms with van der Waals surface area (Å²) in [4.78, 5) is 16.4. The molecule has 0 aliphatic rings. The van der Waals surface area contributed by atoms with Crippen LogP contribution in [0.25, 0.3) is 10.9 Å². The van der Waals surface area contributed by atoms with Crippen LogP contribution >= 0.6 is 0 Å². The molecule has 134 valence electrons. The van der Waals surface area contributed by atoms with Crippen molar-refractivity contribution >= 4 is 22.5 Å². The highest BCUT2D eigenvalue weighted by atomic mass is 19.4. The van der Waals surface area contributed by atoms with Crippen molar-refractivity contribution in [1.82, 2.24) is 4.98 Å². The summed E-state index contributed by atoms with van der Waals surface area (Å²) in [5.74, 6) is -0.409. The topological polar surface area (TPSA) is 68.0 Å². The highest BCUT2D eigenvalue weighted by Crippen LogP contribution is 2.29. The van der Waals surface area contributed by atoms with Crippen LogP contribution in [0.5, 0.6) is 0 Å². The van der Waals surface area contributed by atoms with E-state index in [4.69, 9.17) is 5.73 Å². The van der Waals surface area contributed by atoms with E-state index in [1.165, 1.54) is 12.1 Å².